The van der Waals surface area contributed by atoms with Crippen molar-refractivity contribution < 1.29 is 14.5 Å². The smallest absolute Gasteiger partial charge is 0.315 e. The molecule has 1 aromatic carbocycles. The van der Waals surface area contributed by atoms with Crippen LogP contribution in [0.5, 0.6) is 0 Å². The Bertz CT molecular complexity index is 471. The van der Waals surface area contributed by atoms with Crippen LogP contribution in [0.15, 0.2) is 18.2 Å². The van der Waals surface area contributed by atoms with Crippen LogP contribution in [-0.2, 0) is 14.9 Å². The molecule has 1 aromatic rings. The highest BCUT2D eigenvalue weighted by Crippen LogP contribution is 2.33. The maximum absolute atomic E-state index is 11.6. The molecule has 92 valence electrons. The van der Waals surface area contributed by atoms with E-state index in [-0.39, 0.29) is 10.7 Å². The Balaban J connectivity index is 3.25. The molecule has 0 aliphatic heterocycles. The Kier molecular flexibility index (Phi) is 3.72. The Hall–Kier alpha value is -1.62. The highest BCUT2D eigenvalue weighted by molar-refractivity contribution is 6.32. The lowest BCUT2D eigenvalue weighted by Gasteiger charge is -2.22. The molecule has 0 atom stereocenters. The van der Waals surface area contributed by atoms with Crippen LogP contribution in [0.4, 0.5) is 5.69 Å². The van der Waals surface area contributed by atoms with E-state index in [1.165, 1.54) is 25.3 Å². The van der Waals surface area contributed by atoms with Crippen LogP contribution in [0.25, 0.3) is 0 Å². The van der Waals surface area contributed by atoms with Gasteiger partial charge in [-0.1, -0.05) is 11.6 Å². The first-order valence-corrected chi connectivity index (χ1v) is 5.21. The Labute approximate surface area is 103 Å². The lowest BCUT2D eigenvalue weighted by molar-refractivity contribution is -0.384. The summed E-state index contributed by atoms with van der Waals surface area (Å²) in [5.41, 5.74) is -0.558. The fraction of sp³-hybridized carbons (Fsp3) is 0.364. The molecule has 0 heterocycles. The minimum absolute atomic E-state index is 0.112. The average molecular weight is 258 g/mol. The highest BCUT2D eigenvalue weighted by Gasteiger charge is 2.33. The first-order chi connectivity index (χ1) is 7.80. The maximum Gasteiger partial charge on any atom is 0.315 e. The minimum Gasteiger partial charge on any atom is -0.468 e. The number of nitrogens with zero attached hydrogens (tertiary/aromatic N) is 1. The summed E-state index contributed by atoms with van der Waals surface area (Å²) in [7, 11) is 1.28. The van der Waals surface area contributed by atoms with Crippen molar-refractivity contribution in [2.45, 2.75) is 19.3 Å². The molecule has 0 aliphatic rings. The molecule has 0 spiro atoms. The van der Waals surface area contributed by atoms with Gasteiger partial charge in [0.25, 0.3) is 5.69 Å². The molecule has 0 radical (unpaired) electrons. The fourth-order valence-corrected chi connectivity index (χ4v) is 1.90. The topological polar surface area (TPSA) is 69.4 Å². The summed E-state index contributed by atoms with van der Waals surface area (Å²) in [6.07, 6.45) is 0. The molecular weight excluding hydrogens is 246 g/mol. The third-order valence-corrected chi connectivity index (χ3v) is 2.85. The van der Waals surface area contributed by atoms with Gasteiger partial charge in [0.05, 0.1) is 22.5 Å². The molecule has 6 heteroatoms. The SMILES string of the molecule is COC(=O)C(C)(C)c1ccc([N+](=O)[O-])cc1Cl. The van der Waals surface area contributed by atoms with Crippen LogP contribution in [-0.4, -0.2) is 18.0 Å². The third-order valence-electron chi connectivity index (χ3n) is 2.53. The fourth-order valence-electron chi connectivity index (χ4n) is 1.49. The molecule has 0 amide bonds. The Morgan fingerprint density at radius 2 is 2.06 bits per heavy atom. The molecule has 17 heavy (non-hydrogen) atoms. The normalized spacial score (nSPS) is 11.1. The van der Waals surface area contributed by atoms with Crippen molar-refractivity contribution in [1.82, 2.24) is 0 Å². The number of rotatable bonds is 3. The van der Waals surface area contributed by atoms with E-state index in [0.29, 0.717) is 5.56 Å². The second kappa shape index (κ2) is 4.71. The average Bonchev–Trinajstić information content (AvgIpc) is 2.27. The van der Waals surface area contributed by atoms with Crippen LogP contribution in [0.2, 0.25) is 5.02 Å². The number of carbonyl (C=O) groups excluding carboxylic acids is 1. The second-order valence-corrected chi connectivity index (χ2v) is 4.45. The van der Waals surface area contributed by atoms with Gasteiger partial charge >= 0.3 is 5.97 Å². The van der Waals surface area contributed by atoms with Gasteiger partial charge in [-0.05, 0) is 25.5 Å². The standard InChI is InChI=1S/C11H12ClNO4/c1-11(2,10(14)17-3)8-5-4-7(13(15)16)6-9(8)12/h4-6H,1-3H3. The van der Waals surface area contributed by atoms with Crippen LogP contribution in [0.1, 0.15) is 19.4 Å². The quantitative estimate of drug-likeness (QED) is 0.474. The highest BCUT2D eigenvalue weighted by atomic mass is 35.5. The molecule has 5 nitrogen and oxygen atoms in total. The van der Waals surface area contributed by atoms with Gasteiger partial charge in [-0.25, -0.2) is 0 Å². The van der Waals surface area contributed by atoms with Crippen molar-refractivity contribution in [2.24, 2.45) is 0 Å². The number of methoxy groups -OCH3 is 1. The van der Waals surface area contributed by atoms with Crippen molar-refractivity contribution in [1.29, 1.82) is 0 Å². The lowest BCUT2D eigenvalue weighted by Crippen LogP contribution is -2.30. The van der Waals surface area contributed by atoms with Crippen molar-refractivity contribution in [2.75, 3.05) is 7.11 Å². The van der Waals surface area contributed by atoms with Crippen molar-refractivity contribution in [3.8, 4) is 0 Å². The summed E-state index contributed by atoms with van der Waals surface area (Å²) in [5, 5.41) is 10.7. The number of hydrogen-bond donors (Lipinski definition) is 0. The van der Waals surface area contributed by atoms with E-state index < -0.39 is 16.3 Å². The van der Waals surface area contributed by atoms with Crippen LogP contribution in [0, 0.1) is 10.1 Å². The summed E-state index contributed by atoms with van der Waals surface area (Å²) in [4.78, 5) is 21.6. The van der Waals surface area contributed by atoms with Gasteiger partial charge in [0, 0.05) is 12.1 Å². The number of nitro groups is 1. The van der Waals surface area contributed by atoms with Gasteiger partial charge in [0.1, 0.15) is 0 Å². The van der Waals surface area contributed by atoms with Crippen LogP contribution in [0.3, 0.4) is 0 Å². The van der Waals surface area contributed by atoms with Crippen molar-refractivity contribution in [3.63, 3.8) is 0 Å². The predicted octanol–water partition coefficient (Wildman–Crippen LogP) is 2.70. The van der Waals surface area contributed by atoms with Crippen molar-refractivity contribution >= 4 is 23.3 Å². The number of halogens is 1. The number of esters is 1. The number of carbonyl (C=O) groups is 1. The lowest BCUT2D eigenvalue weighted by atomic mass is 9.84. The van der Waals surface area contributed by atoms with Crippen molar-refractivity contribution in [3.05, 3.63) is 38.9 Å². The molecule has 0 aliphatic carbocycles. The molecule has 0 saturated heterocycles. The Morgan fingerprint density at radius 1 is 1.47 bits per heavy atom. The molecule has 1 rings (SSSR count). The predicted molar refractivity (Wildman–Crippen MR) is 63.1 cm³/mol. The zero-order chi connectivity index (χ0) is 13.2. The molecular formula is C11H12ClNO4. The van der Waals surface area contributed by atoms with Gasteiger partial charge in [-0.3, -0.25) is 14.9 Å². The zero-order valence-corrected chi connectivity index (χ0v) is 10.4. The largest absolute Gasteiger partial charge is 0.468 e. The zero-order valence-electron chi connectivity index (χ0n) is 9.69. The summed E-state index contributed by atoms with van der Waals surface area (Å²) >= 11 is 5.95. The minimum atomic E-state index is -0.943. The number of non-ortho nitro benzene ring substituents is 1. The van der Waals surface area contributed by atoms with E-state index in [1.807, 2.05) is 0 Å². The van der Waals surface area contributed by atoms with Crippen LogP contribution >= 0.6 is 11.6 Å². The molecule has 0 saturated carbocycles. The first-order valence-electron chi connectivity index (χ1n) is 4.83. The summed E-state index contributed by atoms with van der Waals surface area (Å²) in [6.45, 7) is 3.29. The Morgan fingerprint density at radius 3 is 2.47 bits per heavy atom. The van der Waals surface area contributed by atoms with Gasteiger partial charge < -0.3 is 4.74 Å². The van der Waals surface area contributed by atoms with Gasteiger partial charge in [-0.2, -0.15) is 0 Å². The summed E-state index contributed by atoms with van der Waals surface area (Å²) in [6, 6.07) is 4.00. The molecule has 0 N–H and O–H groups in total. The molecule has 0 bridgehead atoms. The molecule has 0 unspecified atom stereocenters. The van der Waals surface area contributed by atoms with Gasteiger partial charge in [-0.15, -0.1) is 0 Å². The number of ether oxygens (including phenoxy) is 1. The second-order valence-electron chi connectivity index (χ2n) is 4.04. The van der Waals surface area contributed by atoms with E-state index >= 15 is 0 Å². The van der Waals surface area contributed by atoms with Gasteiger partial charge in [0.15, 0.2) is 0 Å². The van der Waals surface area contributed by atoms with E-state index in [2.05, 4.69) is 4.74 Å². The van der Waals surface area contributed by atoms with E-state index in [9.17, 15) is 14.9 Å². The van der Waals surface area contributed by atoms with E-state index in [1.54, 1.807) is 13.8 Å². The number of nitro benzene ring substituents is 1. The van der Waals surface area contributed by atoms with E-state index in [4.69, 9.17) is 11.6 Å². The summed E-state index contributed by atoms with van der Waals surface area (Å²) in [5.74, 6) is -0.451. The monoisotopic (exact) mass is 257 g/mol. The summed E-state index contributed by atoms with van der Waals surface area (Å²) < 4.78 is 4.67. The molecule has 0 aromatic heterocycles. The maximum atomic E-state index is 11.6. The van der Waals surface area contributed by atoms with Crippen LogP contribution < -0.4 is 0 Å². The third kappa shape index (κ3) is 2.55. The van der Waals surface area contributed by atoms with Gasteiger partial charge in [0.2, 0.25) is 0 Å². The number of hydrogen-bond acceptors (Lipinski definition) is 4. The number of benzene rings is 1. The first kappa shape index (κ1) is 13.4. The molecule has 0 fully saturated rings. The van der Waals surface area contributed by atoms with E-state index in [0.717, 1.165) is 0 Å².